The lowest BCUT2D eigenvalue weighted by Crippen LogP contribution is -2.56. The van der Waals surface area contributed by atoms with E-state index in [1.54, 1.807) is 0 Å². The third-order valence-electron chi connectivity index (χ3n) is 5.52. The van der Waals surface area contributed by atoms with Gasteiger partial charge in [0.1, 0.15) is 73.2 Å². The molecule has 0 aromatic heterocycles. The Balaban J connectivity index is 5.73. The van der Waals surface area contributed by atoms with Crippen LogP contribution in [0.4, 0.5) is 0 Å². The molecule has 0 spiro atoms. The third kappa shape index (κ3) is 8.59. The van der Waals surface area contributed by atoms with Gasteiger partial charge >= 0.3 is 5.97 Å². The molecule has 0 aromatic carbocycles. The van der Waals surface area contributed by atoms with E-state index in [-0.39, 0.29) is 0 Å². The van der Waals surface area contributed by atoms with Crippen LogP contribution in [0.25, 0.3) is 0 Å². The molecular weight excluding hydrogens is 536 g/mol. The van der Waals surface area contributed by atoms with Crippen molar-refractivity contribution in [3.8, 4) is 0 Å². The van der Waals surface area contributed by atoms with Crippen molar-refractivity contribution < 1.29 is 102 Å². The van der Waals surface area contributed by atoms with Crippen molar-refractivity contribution in [2.24, 2.45) is 0 Å². The Labute approximate surface area is 212 Å². The molecule has 14 unspecified atom stereocenters. The molecule has 20 heteroatoms. The summed E-state index contributed by atoms with van der Waals surface area (Å²) in [5.74, 6) is -5.74. The Kier molecular flexibility index (Phi) is 14.9. The lowest BCUT2D eigenvalue weighted by molar-refractivity contribution is -0.324. The summed E-state index contributed by atoms with van der Waals surface area (Å²) >= 11 is 0. The van der Waals surface area contributed by atoms with E-state index < -0.39 is 110 Å². The van der Waals surface area contributed by atoms with Crippen LogP contribution in [0.2, 0.25) is 0 Å². The Morgan fingerprint density at radius 1 is 0.500 bits per heavy atom. The molecule has 0 bridgehead atoms. The first kappa shape index (κ1) is 36.2. The van der Waals surface area contributed by atoms with Crippen molar-refractivity contribution in [3.05, 3.63) is 11.5 Å². The fraction of sp³-hybridized carbons (Fsp3) is 0.833. The minimum absolute atomic E-state index is 1.11. The molecule has 14 atom stereocenters. The smallest absolute Gasteiger partial charge is 0.335 e. The summed E-state index contributed by atoms with van der Waals surface area (Å²) in [5.41, 5.74) is 0. The monoisotopic (exact) mass is 570 g/mol. The summed E-state index contributed by atoms with van der Waals surface area (Å²) in [4.78, 5) is 14.3. The molecule has 0 aliphatic rings. The highest BCUT2D eigenvalue weighted by Crippen LogP contribution is 2.22. The molecule has 0 saturated carbocycles. The van der Waals surface area contributed by atoms with Gasteiger partial charge in [0.2, 0.25) is 0 Å². The number of carbonyl (C=O) groups is 1. The van der Waals surface area contributed by atoms with E-state index in [2.05, 4.69) is 4.89 Å². The molecule has 0 rings (SSSR count). The van der Waals surface area contributed by atoms with Crippen LogP contribution in [-0.4, -0.2) is 190 Å². The predicted molar refractivity (Wildman–Crippen MR) is 113 cm³/mol. The van der Waals surface area contributed by atoms with Gasteiger partial charge in [-0.3, -0.25) is 5.26 Å². The zero-order valence-corrected chi connectivity index (χ0v) is 19.2. The molecular formula is C18H34O20. The highest BCUT2D eigenvalue weighted by molar-refractivity contribution is 5.72. The van der Waals surface area contributed by atoms with Crippen molar-refractivity contribution in [2.45, 2.75) is 85.5 Å². The minimum atomic E-state index is -2.88. The van der Waals surface area contributed by atoms with Gasteiger partial charge in [-0.2, -0.15) is 0 Å². The number of hydrogen-bond acceptors (Lipinski definition) is 19. The van der Waals surface area contributed by atoms with Gasteiger partial charge < -0.3 is 86.8 Å². The Morgan fingerprint density at radius 2 is 0.842 bits per heavy atom. The zero-order valence-electron chi connectivity index (χ0n) is 19.2. The molecule has 0 radical (unpaired) electrons. The van der Waals surface area contributed by atoms with Gasteiger partial charge in [0.25, 0.3) is 0 Å². The molecule has 0 saturated heterocycles. The van der Waals surface area contributed by atoms with E-state index in [0.717, 1.165) is 0 Å². The van der Waals surface area contributed by atoms with Gasteiger partial charge in [0, 0.05) is 0 Å². The fourth-order valence-electron chi connectivity index (χ4n) is 2.99. The molecule has 18 N–H and O–H groups in total. The number of rotatable bonds is 17. The second-order valence-electron chi connectivity index (χ2n) is 8.18. The number of aliphatic hydroxyl groups excluding tert-OH is 16. The standard InChI is InChI=1S/C18H34O20/c19-1-2(20)3(21)4(22)11(29)14(32)17(38-37)15(33)12(30)9(27)7(25)5(23)6(24)8(26)10(28)13(31)16(34)18(35)36/h2-8,10-11,13-17,19-34,37H,1H2,(H,35,36)/b12-9+. The van der Waals surface area contributed by atoms with Gasteiger partial charge in [-0.1, -0.05) is 0 Å². The topological polar surface area (TPSA) is 390 Å². The first-order valence-electron chi connectivity index (χ1n) is 10.5. The summed E-state index contributed by atoms with van der Waals surface area (Å²) in [6, 6.07) is 0. The first-order chi connectivity index (χ1) is 17.4. The van der Waals surface area contributed by atoms with Gasteiger partial charge in [-0.25, -0.2) is 9.68 Å². The van der Waals surface area contributed by atoms with Crippen molar-refractivity contribution in [1.29, 1.82) is 0 Å². The van der Waals surface area contributed by atoms with E-state index in [1.165, 1.54) is 0 Å². The minimum Gasteiger partial charge on any atom is -0.506 e. The lowest BCUT2D eigenvalue weighted by atomic mass is 9.92. The van der Waals surface area contributed by atoms with Crippen LogP contribution >= 0.6 is 0 Å². The summed E-state index contributed by atoms with van der Waals surface area (Å²) in [6.07, 6.45) is -36.6. The number of carboxylic acid groups (broad SMARTS) is 1. The van der Waals surface area contributed by atoms with Crippen LogP contribution in [0, 0.1) is 0 Å². The van der Waals surface area contributed by atoms with E-state index in [1.807, 2.05) is 0 Å². The second kappa shape index (κ2) is 15.7. The van der Waals surface area contributed by atoms with Gasteiger partial charge in [-0.05, 0) is 0 Å². The highest BCUT2D eigenvalue weighted by Gasteiger charge is 2.45. The quantitative estimate of drug-likeness (QED) is 0.0438. The number of aliphatic hydroxyl groups is 16. The molecule has 38 heavy (non-hydrogen) atoms. The lowest BCUT2D eigenvalue weighted by Gasteiger charge is -2.33. The Hall–Kier alpha value is -1.83. The molecule has 0 heterocycles. The summed E-state index contributed by atoms with van der Waals surface area (Å²) < 4.78 is 0. The van der Waals surface area contributed by atoms with Crippen LogP contribution in [0.15, 0.2) is 11.5 Å². The average Bonchev–Trinajstić information content (AvgIpc) is 2.91. The molecule has 0 aromatic rings. The Morgan fingerprint density at radius 3 is 1.24 bits per heavy atom. The Bertz CT molecular complexity index is 749. The molecule has 0 aliphatic carbocycles. The van der Waals surface area contributed by atoms with E-state index in [9.17, 15) is 81.4 Å². The van der Waals surface area contributed by atoms with Gasteiger partial charge in [0.15, 0.2) is 23.7 Å². The molecule has 0 amide bonds. The maximum absolute atomic E-state index is 10.6. The van der Waals surface area contributed by atoms with Crippen molar-refractivity contribution in [2.75, 3.05) is 6.61 Å². The predicted octanol–water partition coefficient (Wildman–Crippen LogP) is -9.06. The van der Waals surface area contributed by atoms with Crippen LogP contribution < -0.4 is 0 Å². The van der Waals surface area contributed by atoms with Gasteiger partial charge in [-0.15, -0.1) is 0 Å². The molecule has 0 fully saturated rings. The fourth-order valence-corrected chi connectivity index (χ4v) is 2.99. The van der Waals surface area contributed by atoms with Crippen LogP contribution in [0.5, 0.6) is 0 Å². The number of aliphatic carboxylic acids is 1. The summed E-state index contributed by atoms with van der Waals surface area (Å²) in [5, 5.41) is 173. The van der Waals surface area contributed by atoms with Crippen LogP contribution in [0.1, 0.15) is 0 Å². The summed E-state index contributed by atoms with van der Waals surface area (Å²) in [6.45, 7) is -1.11. The van der Waals surface area contributed by atoms with Crippen molar-refractivity contribution in [3.63, 3.8) is 0 Å². The van der Waals surface area contributed by atoms with E-state index in [0.29, 0.717) is 0 Å². The number of carboxylic acids is 1. The van der Waals surface area contributed by atoms with Crippen molar-refractivity contribution in [1.82, 2.24) is 0 Å². The maximum atomic E-state index is 10.6. The normalized spacial score (nSPS) is 24.3. The molecule has 20 nitrogen and oxygen atoms in total. The SMILES string of the molecule is O=C(O)C(O)C(O)C(O)C(O)C(O)C(O)C(O)/C(O)=C(\O)C(O)C(OO)C(O)C(O)C(O)C(O)C(O)CO. The zero-order chi connectivity index (χ0) is 30.2. The van der Waals surface area contributed by atoms with Crippen molar-refractivity contribution >= 4 is 5.97 Å². The summed E-state index contributed by atoms with van der Waals surface area (Å²) in [7, 11) is 0. The van der Waals surface area contributed by atoms with Crippen LogP contribution in [-0.2, 0) is 9.68 Å². The van der Waals surface area contributed by atoms with Crippen LogP contribution in [0.3, 0.4) is 0 Å². The average molecular weight is 570 g/mol. The van der Waals surface area contributed by atoms with E-state index in [4.69, 9.17) is 15.5 Å². The highest BCUT2D eigenvalue weighted by atomic mass is 17.1. The number of hydrogen-bond donors (Lipinski definition) is 18. The van der Waals surface area contributed by atoms with E-state index >= 15 is 0 Å². The molecule has 226 valence electrons. The van der Waals surface area contributed by atoms with Gasteiger partial charge in [0.05, 0.1) is 6.61 Å². The first-order valence-corrected chi connectivity index (χ1v) is 10.5. The maximum Gasteiger partial charge on any atom is 0.335 e. The molecule has 0 aliphatic heterocycles. The second-order valence-corrected chi connectivity index (χ2v) is 8.18. The largest absolute Gasteiger partial charge is 0.506 e. The third-order valence-corrected chi connectivity index (χ3v) is 5.52.